The third-order valence-corrected chi connectivity index (χ3v) is 1.62. The lowest BCUT2D eigenvalue weighted by Gasteiger charge is -2.23. The van der Waals surface area contributed by atoms with Gasteiger partial charge in [-0.1, -0.05) is 6.58 Å². The van der Waals surface area contributed by atoms with Gasteiger partial charge in [0.05, 0.1) is 6.04 Å². The van der Waals surface area contributed by atoms with Crippen molar-refractivity contribution in [1.82, 2.24) is 5.32 Å². The van der Waals surface area contributed by atoms with E-state index >= 15 is 0 Å². The lowest BCUT2D eigenvalue weighted by molar-refractivity contribution is -0.0955. The highest BCUT2D eigenvalue weighted by molar-refractivity contribution is 5.68. The molecular formula is C10H16F3NO2. The normalized spacial score (nSPS) is 14.2. The van der Waals surface area contributed by atoms with Crippen LogP contribution in [0.15, 0.2) is 12.2 Å². The van der Waals surface area contributed by atoms with Crippen molar-refractivity contribution in [3.05, 3.63) is 12.2 Å². The van der Waals surface area contributed by atoms with Gasteiger partial charge < -0.3 is 10.1 Å². The van der Waals surface area contributed by atoms with Gasteiger partial charge >= 0.3 is 12.3 Å². The molecule has 1 amide bonds. The number of nitrogens with one attached hydrogen (secondary N) is 1. The van der Waals surface area contributed by atoms with E-state index in [9.17, 15) is 18.0 Å². The molecule has 0 spiro atoms. The molecule has 0 bridgehead atoms. The first-order valence-corrected chi connectivity index (χ1v) is 4.69. The Hall–Kier alpha value is -1.20. The molecule has 0 heterocycles. The first-order valence-electron chi connectivity index (χ1n) is 4.69. The molecular weight excluding hydrogens is 223 g/mol. The third-order valence-electron chi connectivity index (χ3n) is 1.62. The largest absolute Gasteiger partial charge is 0.444 e. The molecule has 0 radical (unpaired) electrons. The van der Waals surface area contributed by atoms with Crippen LogP contribution in [0.5, 0.6) is 0 Å². The number of amides is 1. The highest BCUT2D eigenvalue weighted by Gasteiger charge is 2.36. The average molecular weight is 239 g/mol. The number of ether oxygens (including phenoxy) is 1. The van der Waals surface area contributed by atoms with E-state index in [1.165, 1.54) is 6.92 Å². The highest BCUT2D eigenvalue weighted by atomic mass is 19.4. The SMILES string of the molecule is C=C(C(C)NC(=O)OC(C)(C)C)C(F)(F)F. The van der Waals surface area contributed by atoms with Gasteiger partial charge in [0.25, 0.3) is 0 Å². The number of hydrogen-bond donors (Lipinski definition) is 1. The summed E-state index contributed by atoms with van der Waals surface area (Å²) in [5.74, 6) is 0. The molecule has 0 aromatic carbocycles. The molecule has 0 aliphatic carbocycles. The molecule has 0 aliphatic heterocycles. The molecule has 0 saturated heterocycles. The molecule has 0 rings (SSSR count). The molecule has 1 unspecified atom stereocenters. The van der Waals surface area contributed by atoms with Gasteiger partial charge in [0.1, 0.15) is 5.60 Å². The second-order valence-electron chi connectivity index (χ2n) is 4.39. The first kappa shape index (κ1) is 14.8. The Morgan fingerprint density at radius 3 is 2.06 bits per heavy atom. The summed E-state index contributed by atoms with van der Waals surface area (Å²) >= 11 is 0. The van der Waals surface area contributed by atoms with Gasteiger partial charge in [-0.25, -0.2) is 4.79 Å². The van der Waals surface area contributed by atoms with Crippen molar-refractivity contribution in [2.24, 2.45) is 0 Å². The minimum Gasteiger partial charge on any atom is -0.444 e. The van der Waals surface area contributed by atoms with Gasteiger partial charge in [-0.3, -0.25) is 0 Å². The Balaban J connectivity index is 4.32. The number of hydrogen-bond acceptors (Lipinski definition) is 2. The molecule has 0 aromatic rings. The molecule has 1 atom stereocenters. The quantitative estimate of drug-likeness (QED) is 0.752. The Labute approximate surface area is 92.7 Å². The van der Waals surface area contributed by atoms with Crippen LogP contribution in [0.3, 0.4) is 0 Å². The fraction of sp³-hybridized carbons (Fsp3) is 0.700. The van der Waals surface area contributed by atoms with Crippen molar-refractivity contribution < 1.29 is 22.7 Å². The summed E-state index contributed by atoms with van der Waals surface area (Å²) in [7, 11) is 0. The maximum Gasteiger partial charge on any atom is 0.414 e. The van der Waals surface area contributed by atoms with Crippen LogP contribution in [0.1, 0.15) is 27.7 Å². The van der Waals surface area contributed by atoms with Gasteiger partial charge in [-0.2, -0.15) is 13.2 Å². The predicted octanol–water partition coefficient (Wildman–Crippen LogP) is 3.02. The summed E-state index contributed by atoms with van der Waals surface area (Å²) in [6, 6.07) is -1.21. The highest BCUT2D eigenvalue weighted by Crippen LogP contribution is 2.26. The van der Waals surface area contributed by atoms with Crippen LogP contribution in [0, 0.1) is 0 Å². The Bertz CT molecular complexity index is 279. The zero-order chi connectivity index (χ0) is 13.1. The zero-order valence-electron chi connectivity index (χ0n) is 9.73. The van der Waals surface area contributed by atoms with Crippen LogP contribution in [0.2, 0.25) is 0 Å². The molecule has 0 saturated carbocycles. The van der Waals surface area contributed by atoms with Crippen LogP contribution < -0.4 is 5.32 Å². The third kappa shape index (κ3) is 5.63. The summed E-state index contributed by atoms with van der Waals surface area (Å²) in [6.07, 6.45) is -5.42. The van der Waals surface area contributed by atoms with Gasteiger partial charge in [0, 0.05) is 5.57 Å². The number of halogens is 3. The Morgan fingerprint density at radius 1 is 1.31 bits per heavy atom. The topological polar surface area (TPSA) is 38.3 Å². The van der Waals surface area contributed by atoms with Crippen molar-refractivity contribution in [3.63, 3.8) is 0 Å². The summed E-state index contributed by atoms with van der Waals surface area (Å²) in [5.41, 5.74) is -1.76. The van der Waals surface area contributed by atoms with E-state index in [0.717, 1.165) is 0 Å². The second-order valence-corrected chi connectivity index (χ2v) is 4.39. The number of rotatable bonds is 2. The van der Waals surface area contributed by atoms with Crippen LogP contribution in [-0.2, 0) is 4.74 Å². The van der Waals surface area contributed by atoms with Crippen molar-refractivity contribution >= 4 is 6.09 Å². The number of carbonyl (C=O) groups is 1. The lowest BCUT2D eigenvalue weighted by atomic mass is 10.1. The molecule has 94 valence electrons. The fourth-order valence-electron chi connectivity index (χ4n) is 0.817. The van der Waals surface area contributed by atoms with Crippen molar-refractivity contribution in [1.29, 1.82) is 0 Å². The first-order chi connectivity index (χ1) is 6.93. The standard InChI is InChI=1S/C10H16F3NO2/c1-6(10(11,12)13)7(2)14-8(15)16-9(3,4)5/h7H,1H2,2-5H3,(H,14,15). The fourth-order valence-corrected chi connectivity index (χ4v) is 0.817. The monoisotopic (exact) mass is 239 g/mol. The minimum absolute atomic E-state index is 0.747. The van der Waals surface area contributed by atoms with E-state index < -0.39 is 29.5 Å². The van der Waals surface area contributed by atoms with E-state index in [1.807, 2.05) is 0 Å². The van der Waals surface area contributed by atoms with E-state index in [4.69, 9.17) is 4.74 Å². The summed E-state index contributed by atoms with van der Waals surface area (Å²) < 4.78 is 41.4. The van der Waals surface area contributed by atoms with E-state index in [1.54, 1.807) is 20.8 Å². The van der Waals surface area contributed by atoms with Gasteiger partial charge in [0.15, 0.2) is 0 Å². The number of alkyl carbamates (subject to hydrolysis) is 1. The molecule has 3 nitrogen and oxygen atoms in total. The zero-order valence-corrected chi connectivity index (χ0v) is 9.73. The molecule has 16 heavy (non-hydrogen) atoms. The minimum atomic E-state index is -4.52. The van der Waals surface area contributed by atoms with Crippen LogP contribution >= 0.6 is 0 Å². The maximum atomic E-state index is 12.2. The van der Waals surface area contributed by atoms with Gasteiger partial charge in [-0.05, 0) is 27.7 Å². The average Bonchev–Trinajstić information content (AvgIpc) is 1.96. The van der Waals surface area contributed by atoms with Crippen molar-refractivity contribution in [3.8, 4) is 0 Å². The lowest BCUT2D eigenvalue weighted by Crippen LogP contribution is -2.41. The summed E-state index contributed by atoms with van der Waals surface area (Å²) in [6.45, 7) is 8.94. The maximum absolute atomic E-state index is 12.2. The van der Waals surface area contributed by atoms with Gasteiger partial charge in [0.2, 0.25) is 0 Å². The smallest absolute Gasteiger partial charge is 0.414 e. The Morgan fingerprint density at radius 2 is 1.75 bits per heavy atom. The van der Waals surface area contributed by atoms with Crippen LogP contribution in [-0.4, -0.2) is 23.9 Å². The van der Waals surface area contributed by atoms with E-state index in [2.05, 4.69) is 11.9 Å². The second kappa shape index (κ2) is 4.76. The number of alkyl halides is 3. The van der Waals surface area contributed by atoms with Crippen molar-refractivity contribution in [2.75, 3.05) is 0 Å². The Kier molecular flexibility index (Phi) is 4.40. The molecule has 1 N–H and O–H groups in total. The van der Waals surface area contributed by atoms with Crippen LogP contribution in [0.4, 0.5) is 18.0 Å². The van der Waals surface area contributed by atoms with E-state index in [0.29, 0.717) is 0 Å². The molecule has 6 heteroatoms. The summed E-state index contributed by atoms with van der Waals surface area (Å²) in [5, 5.41) is 2.06. The van der Waals surface area contributed by atoms with Crippen LogP contribution in [0.25, 0.3) is 0 Å². The van der Waals surface area contributed by atoms with Crippen molar-refractivity contribution in [2.45, 2.75) is 45.5 Å². The number of carbonyl (C=O) groups excluding carboxylic acids is 1. The summed E-state index contributed by atoms with van der Waals surface area (Å²) in [4.78, 5) is 11.2. The molecule has 0 fully saturated rings. The molecule has 0 aromatic heterocycles. The molecule has 0 aliphatic rings. The van der Waals surface area contributed by atoms with Gasteiger partial charge in [-0.15, -0.1) is 0 Å². The van der Waals surface area contributed by atoms with E-state index in [-0.39, 0.29) is 0 Å². The predicted molar refractivity (Wildman–Crippen MR) is 54.0 cm³/mol.